The van der Waals surface area contributed by atoms with Crippen LogP contribution in [-0.2, 0) is 11.2 Å². The summed E-state index contributed by atoms with van der Waals surface area (Å²) in [5.41, 5.74) is 3.18. The Morgan fingerprint density at radius 1 is 1.07 bits per heavy atom. The number of carbonyl (C=O) groups excluding carboxylic acids is 1. The summed E-state index contributed by atoms with van der Waals surface area (Å²) >= 11 is 0. The predicted octanol–water partition coefficient (Wildman–Crippen LogP) is 4.71. The first kappa shape index (κ1) is 19.5. The summed E-state index contributed by atoms with van der Waals surface area (Å²) in [4.78, 5) is 31.4. The summed E-state index contributed by atoms with van der Waals surface area (Å²) in [5.74, 6) is 1.37. The monoisotopic (exact) mass is 403 g/mol. The molecule has 0 atom stereocenters. The number of rotatable bonds is 7. The lowest BCUT2D eigenvalue weighted by Gasteiger charge is -2.11. The molecule has 0 bridgehead atoms. The van der Waals surface area contributed by atoms with E-state index in [0.29, 0.717) is 17.2 Å². The third-order valence-corrected chi connectivity index (χ3v) is 4.85. The van der Waals surface area contributed by atoms with Gasteiger partial charge in [-0.2, -0.15) is 0 Å². The topological polar surface area (TPSA) is 110 Å². The minimum atomic E-state index is -0.434. The molecule has 0 saturated heterocycles. The zero-order chi connectivity index (χ0) is 21.1. The maximum atomic E-state index is 11.9. The van der Waals surface area contributed by atoms with Gasteiger partial charge in [0.25, 0.3) is 5.69 Å². The first-order valence-electron chi connectivity index (χ1n) is 9.82. The van der Waals surface area contributed by atoms with Crippen molar-refractivity contribution in [2.24, 2.45) is 5.92 Å². The fourth-order valence-electron chi connectivity index (χ4n) is 2.98. The summed E-state index contributed by atoms with van der Waals surface area (Å²) < 4.78 is 0. The smallest absolute Gasteiger partial charge is 0.269 e. The third kappa shape index (κ3) is 4.60. The average molecular weight is 403 g/mol. The van der Waals surface area contributed by atoms with Crippen molar-refractivity contribution >= 4 is 28.8 Å². The van der Waals surface area contributed by atoms with E-state index >= 15 is 0 Å². The molecule has 8 heteroatoms. The van der Waals surface area contributed by atoms with Crippen LogP contribution in [0, 0.1) is 16.0 Å². The van der Waals surface area contributed by atoms with Crippen LogP contribution in [0.4, 0.5) is 22.9 Å². The highest BCUT2D eigenvalue weighted by atomic mass is 16.6. The number of aryl methyl sites for hydroxylation is 1. The maximum absolute atomic E-state index is 11.9. The molecule has 2 aromatic carbocycles. The van der Waals surface area contributed by atoms with Crippen LogP contribution in [0.25, 0.3) is 11.4 Å². The number of benzene rings is 2. The van der Waals surface area contributed by atoms with E-state index in [4.69, 9.17) is 0 Å². The molecule has 0 aliphatic heterocycles. The second-order valence-corrected chi connectivity index (χ2v) is 7.19. The van der Waals surface area contributed by atoms with Crippen LogP contribution in [0.1, 0.15) is 25.5 Å². The summed E-state index contributed by atoms with van der Waals surface area (Å²) in [6.45, 7) is 2.00. The minimum Gasteiger partial charge on any atom is -0.340 e. The van der Waals surface area contributed by atoms with Crippen LogP contribution in [0.5, 0.6) is 0 Å². The first-order chi connectivity index (χ1) is 14.5. The van der Waals surface area contributed by atoms with Gasteiger partial charge in [0.2, 0.25) is 5.91 Å². The van der Waals surface area contributed by atoms with Gasteiger partial charge in [0.15, 0.2) is 5.82 Å². The number of nitrogens with zero attached hydrogens (tertiary/aromatic N) is 3. The molecule has 1 amide bonds. The van der Waals surface area contributed by atoms with E-state index < -0.39 is 4.92 Å². The molecule has 0 spiro atoms. The molecule has 152 valence electrons. The van der Waals surface area contributed by atoms with Crippen molar-refractivity contribution in [3.05, 3.63) is 70.4 Å². The van der Waals surface area contributed by atoms with Crippen LogP contribution < -0.4 is 10.6 Å². The summed E-state index contributed by atoms with van der Waals surface area (Å²) in [6, 6.07) is 15.5. The van der Waals surface area contributed by atoms with Crippen molar-refractivity contribution in [3.8, 4) is 11.4 Å². The number of amides is 1. The number of hydrogen-bond donors (Lipinski definition) is 2. The lowest BCUT2D eigenvalue weighted by Crippen LogP contribution is -2.13. The lowest BCUT2D eigenvalue weighted by molar-refractivity contribution is -0.384. The molecule has 1 aliphatic carbocycles. The molecule has 4 rings (SSSR count). The van der Waals surface area contributed by atoms with E-state index in [1.165, 1.54) is 12.1 Å². The van der Waals surface area contributed by atoms with Crippen molar-refractivity contribution in [3.63, 3.8) is 0 Å². The Morgan fingerprint density at radius 3 is 2.33 bits per heavy atom. The maximum Gasteiger partial charge on any atom is 0.269 e. The fraction of sp³-hybridized carbons (Fsp3) is 0.227. The Balaban J connectivity index is 1.52. The first-order valence-corrected chi connectivity index (χ1v) is 9.82. The van der Waals surface area contributed by atoms with Crippen molar-refractivity contribution in [1.82, 2.24) is 9.97 Å². The Hall–Kier alpha value is -3.81. The molecule has 1 aliphatic rings. The number of non-ortho nitro benzene ring substituents is 1. The second kappa shape index (κ2) is 8.28. The number of anilines is 3. The van der Waals surface area contributed by atoms with Crippen LogP contribution in [0.15, 0.2) is 54.6 Å². The number of nitrogens with one attached hydrogen (secondary N) is 2. The van der Waals surface area contributed by atoms with Crippen molar-refractivity contribution in [1.29, 1.82) is 0 Å². The van der Waals surface area contributed by atoms with Gasteiger partial charge in [-0.3, -0.25) is 14.9 Å². The van der Waals surface area contributed by atoms with E-state index in [1.54, 1.807) is 12.1 Å². The molecule has 2 N–H and O–H groups in total. The molecule has 0 radical (unpaired) electrons. The molecule has 1 heterocycles. The van der Waals surface area contributed by atoms with Gasteiger partial charge in [0.1, 0.15) is 5.82 Å². The summed E-state index contributed by atoms with van der Waals surface area (Å²) in [5, 5.41) is 17.0. The zero-order valence-electron chi connectivity index (χ0n) is 16.5. The minimum absolute atomic E-state index is 0.0256. The molecule has 1 fully saturated rings. The standard InChI is InChI=1S/C22H21N5O3/c1-2-16-13-20(26-21(24-16)14-5-11-19(12-6-14)27(29)30)23-17-7-9-18(10-8-17)25-22(28)15-3-4-15/h5-13,15H,2-4H2,1H3,(H,25,28)(H,23,24,26). The van der Waals surface area contributed by atoms with Crippen LogP contribution in [-0.4, -0.2) is 20.8 Å². The largest absolute Gasteiger partial charge is 0.340 e. The van der Waals surface area contributed by atoms with Gasteiger partial charge in [-0.15, -0.1) is 0 Å². The second-order valence-electron chi connectivity index (χ2n) is 7.19. The highest BCUT2D eigenvalue weighted by molar-refractivity contribution is 5.94. The molecule has 0 unspecified atom stereocenters. The van der Waals surface area contributed by atoms with Crippen molar-refractivity contribution in [2.75, 3.05) is 10.6 Å². The van der Waals surface area contributed by atoms with Gasteiger partial charge in [0.05, 0.1) is 4.92 Å². The molecule has 3 aromatic rings. The Morgan fingerprint density at radius 2 is 1.73 bits per heavy atom. The van der Waals surface area contributed by atoms with E-state index in [9.17, 15) is 14.9 Å². The van der Waals surface area contributed by atoms with Gasteiger partial charge in [-0.25, -0.2) is 9.97 Å². The van der Waals surface area contributed by atoms with Crippen molar-refractivity contribution in [2.45, 2.75) is 26.2 Å². The summed E-state index contributed by atoms with van der Waals surface area (Å²) in [7, 11) is 0. The van der Waals surface area contributed by atoms with Gasteiger partial charge in [-0.05, 0) is 55.7 Å². The molecular weight excluding hydrogens is 382 g/mol. The average Bonchev–Trinajstić information content (AvgIpc) is 3.60. The van der Waals surface area contributed by atoms with Crippen LogP contribution in [0.2, 0.25) is 0 Å². The van der Waals surface area contributed by atoms with Gasteiger partial charge in [0, 0.05) is 46.7 Å². The van der Waals surface area contributed by atoms with E-state index in [2.05, 4.69) is 20.6 Å². The number of carbonyl (C=O) groups is 1. The van der Waals surface area contributed by atoms with E-state index in [1.807, 2.05) is 37.3 Å². The number of nitro benzene ring substituents is 1. The quantitative estimate of drug-likeness (QED) is 0.437. The predicted molar refractivity (Wildman–Crippen MR) is 115 cm³/mol. The highest BCUT2D eigenvalue weighted by Gasteiger charge is 2.29. The van der Waals surface area contributed by atoms with Crippen LogP contribution >= 0.6 is 0 Å². The van der Waals surface area contributed by atoms with Gasteiger partial charge in [-0.1, -0.05) is 6.92 Å². The molecule has 30 heavy (non-hydrogen) atoms. The summed E-state index contributed by atoms with van der Waals surface area (Å²) in [6.07, 6.45) is 2.66. The Bertz CT molecular complexity index is 1080. The fourth-order valence-corrected chi connectivity index (χ4v) is 2.98. The third-order valence-electron chi connectivity index (χ3n) is 4.85. The normalized spacial score (nSPS) is 13.0. The Kier molecular flexibility index (Phi) is 5.38. The molecule has 8 nitrogen and oxygen atoms in total. The number of aromatic nitrogens is 2. The molecule has 1 saturated carbocycles. The van der Waals surface area contributed by atoms with E-state index in [-0.39, 0.29) is 17.5 Å². The van der Waals surface area contributed by atoms with Gasteiger partial charge < -0.3 is 10.6 Å². The SMILES string of the molecule is CCc1cc(Nc2ccc(NC(=O)C3CC3)cc2)nc(-c2ccc([N+](=O)[O-])cc2)n1. The zero-order valence-corrected chi connectivity index (χ0v) is 16.5. The van der Waals surface area contributed by atoms with Gasteiger partial charge >= 0.3 is 0 Å². The molecular formula is C22H21N5O3. The van der Waals surface area contributed by atoms with Crippen molar-refractivity contribution < 1.29 is 9.72 Å². The Labute approximate surface area is 173 Å². The number of hydrogen-bond acceptors (Lipinski definition) is 6. The lowest BCUT2D eigenvalue weighted by atomic mass is 10.2. The highest BCUT2D eigenvalue weighted by Crippen LogP contribution is 2.30. The van der Waals surface area contributed by atoms with Crippen LogP contribution in [0.3, 0.4) is 0 Å². The van der Waals surface area contributed by atoms with E-state index in [0.717, 1.165) is 36.3 Å². The number of nitro groups is 1. The molecule has 1 aromatic heterocycles.